The first-order valence-electron chi connectivity index (χ1n) is 7.15. The molecule has 6 atom stereocenters. The van der Waals surface area contributed by atoms with Crippen molar-refractivity contribution in [3.8, 4) is 0 Å². The maximum Gasteiger partial charge on any atom is 0.257 e. The standard InChI is InChI=1S/C15H17NO6/c1-18-14-15(13(16)17)11(22-15)10-9(20-14)7-19-12(21-10)8-5-3-2-4-6-8/h2-6,9-12,14H,7H2,1H3,(H2,16,17)/t9-,10-,11-,12-,14+,15-/m1/s1. The molecule has 0 unspecified atom stereocenters. The molecular weight excluding hydrogens is 290 g/mol. The van der Waals surface area contributed by atoms with Crippen LogP contribution in [0.3, 0.4) is 0 Å². The Morgan fingerprint density at radius 2 is 2.09 bits per heavy atom. The molecule has 22 heavy (non-hydrogen) atoms. The second-order valence-electron chi connectivity index (χ2n) is 5.61. The lowest BCUT2D eigenvalue weighted by molar-refractivity contribution is -0.309. The smallest absolute Gasteiger partial charge is 0.257 e. The Bertz CT molecular complexity index is 581. The number of carbonyl (C=O) groups is 1. The van der Waals surface area contributed by atoms with E-state index in [0.29, 0.717) is 6.61 Å². The molecule has 4 rings (SSSR count). The van der Waals surface area contributed by atoms with Crippen molar-refractivity contribution in [2.45, 2.75) is 36.5 Å². The fourth-order valence-corrected chi connectivity index (χ4v) is 3.20. The molecule has 7 nitrogen and oxygen atoms in total. The van der Waals surface area contributed by atoms with Crippen LogP contribution in [0.25, 0.3) is 0 Å². The number of hydrogen-bond acceptors (Lipinski definition) is 6. The fourth-order valence-electron chi connectivity index (χ4n) is 3.20. The zero-order valence-electron chi connectivity index (χ0n) is 12.0. The van der Waals surface area contributed by atoms with Crippen LogP contribution in [0.15, 0.2) is 30.3 Å². The van der Waals surface area contributed by atoms with E-state index in [1.807, 2.05) is 30.3 Å². The first kappa shape index (κ1) is 14.1. The molecule has 118 valence electrons. The maximum absolute atomic E-state index is 11.8. The number of methoxy groups -OCH3 is 1. The summed E-state index contributed by atoms with van der Waals surface area (Å²) >= 11 is 0. The van der Waals surface area contributed by atoms with E-state index in [1.165, 1.54) is 7.11 Å². The van der Waals surface area contributed by atoms with Crippen molar-refractivity contribution in [2.24, 2.45) is 5.73 Å². The number of fused-ring (bicyclic) bond motifs is 3. The summed E-state index contributed by atoms with van der Waals surface area (Å²) in [6, 6.07) is 9.58. The summed E-state index contributed by atoms with van der Waals surface area (Å²) in [6.07, 6.45) is -2.59. The second kappa shape index (κ2) is 5.00. The lowest BCUT2D eigenvalue weighted by Crippen LogP contribution is -2.60. The lowest BCUT2D eigenvalue weighted by atomic mass is 9.93. The van der Waals surface area contributed by atoms with Gasteiger partial charge in [0.2, 0.25) is 5.60 Å². The lowest BCUT2D eigenvalue weighted by Gasteiger charge is -2.41. The van der Waals surface area contributed by atoms with Crippen LogP contribution >= 0.6 is 0 Å². The molecule has 3 aliphatic heterocycles. The molecule has 3 saturated heterocycles. The Morgan fingerprint density at radius 1 is 1.32 bits per heavy atom. The summed E-state index contributed by atoms with van der Waals surface area (Å²) in [6.45, 7) is 0.332. The van der Waals surface area contributed by atoms with E-state index in [4.69, 9.17) is 29.4 Å². The van der Waals surface area contributed by atoms with Crippen LogP contribution in [0.4, 0.5) is 0 Å². The molecule has 7 heteroatoms. The van der Waals surface area contributed by atoms with E-state index in [1.54, 1.807) is 0 Å². The third-order valence-electron chi connectivity index (χ3n) is 4.36. The molecule has 3 aliphatic rings. The molecule has 2 N–H and O–H groups in total. The fraction of sp³-hybridized carbons (Fsp3) is 0.533. The average Bonchev–Trinajstić information content (AvgIpc) is 3.32. The molecule has 0 aliphatic carbocycles. The molecule has 0 spiro atoms. The number of rotatable bonds is 3. The molecule has 1 aromatic rings. The number of nitrogens with two attached hydrogens (primary N) is 1. The van der Waals surface area contributed by atoms with Gasteiger partial charge in [-0.1, -0.05) is 30.3 Å². The van der Waals surface area contributed by atoms with Crippen LogP contribution in [-0.4, -0.2) is 49.8 Å². The molecular formula is C15H17NO6. The average molecular weight is 307 g/mol. The number of ether oxygens (including phenoxy) is 5. The van der Waals surface area contributed by atoms with Crippen molar-refractivity contribution >= 4 is 5.91 Å². The van der Waals surface area contributed by atoms with E-state index in [-0.39, 0.29) is 6.10 Å². The van der Waals surface area contributed by atoms with Crippen LogP contribution in [0.1, 0.15) is 11.9 Å². The van der Waals surface area contributed by atoms with Gasteiger partial charge >= 0.3 is 0 Å². The molecule has 0 saturated carbocycles. The summed E-state index contributed by atoms with van der Waals surface area (Å²) < 4.78 is 28.2. The van der Waals surface area contributed by atoms with Gasteiger partial charge in [0.15, 0.2) is 12.6 Å². The normalized spacial score (nSPS) is 43.0. The van der Waals surface area contributed by atoms with Crippen molar-refractivity contribution in [2.75, 3.05) is 13.7 Å². The van der Waals surface area contributed by atoms with E-state index < -0.39 is 36.3 Å². The summed E-state index contributed by atoms with van der Waals surface area (Å²) in [5.41, 5.74) is 5.11. The van der Waals surface area contributed by atoms with Crippen molar-refractivity contribution < 1.29 is 28.5 Å². The molecule has 0 aromatic heterocycles. The highest BCUT2D eigenvalue weighted by Gasteiger charge is 2.75. The third kappa shape index (κ3) is 1.90. The van der Waals surface area contributed by atoms with Gasteiger partial charge in [-0.25, -0.2) is 0 Å². The van der Waals surface area contributed by atoms with Gasteiger partial charge in [-0.05, 0) is 0 Å². The first-order chi connectivity index (χ1) is 10.7. The Balaban J connectivity index is 1.57. The number of hydrogen-bond donors (Lipinski definition) is 1. The Kier molecular flexibility index (Phi) is 3.21. The summed E-state index contributed by atoms with van der Waals surface area (Å²) in [5, 5.41) is 0. The summed E-state index contributed by atoms with van der Waals surface area (Å²) in [4.78, 5) is 11.8. The van der Waals surface area contributed by atoms with Gasteiger partial charge < -0.3 is 29.4 Å². The summed E-state index contributed by atoms with van der Waals surface area (Å²) in [7, 11) is 1.45. The second-order valence-corrected chi connectivity index (χ2v) is 5.61. The van der Waals surface area contributed by atoms with Crippen LogP contribution in [-0.2, 0) is 28.5 Å². The van der Waals surface area contributed by atoms with Gasteiger partial charge in [0.05, 0.1) is 6.61 Å². The van der Waals surface area contributed by atoms with Gasteiger partial charge in [-0.2, -0.15) is 0 Å². The predicted molar refractivity (Wildman–Crippen MR) is 72.5 cm³/mol. The quantitative estimate of drug-likeness (QED) is 0.796. The van der Waals surface area contributed by atoms with Crippen LogP contribution in [0.2, 0.25) is 0 Å². The molecule has 3 fully saturated rings. The highest BCUT2D eigenvalue weighted by Crippen LogP contribution is 2.51. The predicted octanol–water partition coefficient (Wildman–Crippen LogP) is 0.0948. The largest absolute Gasteiger partial charge is 0.367 e. The van der Waals surface area contributed by atoms with Gasteiger partial charge in [-0.3, -0.25) is 4.79 Å². The molecule has 1 amide bonds. The van der Waals surface area contributed by atoms with Gasteiger partial charge in [0.1, 0.15) is 18.3 Å². The Labute approximate surface area is 127 Å². The molecule has 0 radical (unpaired) electrons. The number of amides is 1. The third-order valence-corrected chi connectivity index (χ3v) is 4.36. The number of carbonyl (C=O) groups excluding carboxylic acids is 1. The Morgan fingerprint density at radius 3 is 2.77 bits per heavy atom. The molecule has 1 aromatic carbocycles. The van der Waals surface area contributed by atoms with Crippen molar-refractivity contribution in [1.82, 2.24) is 0 Å². The van der Waals surface area contributed by atoms with E-state index in [9.17, 15) is 4.79 Å². The topological polar surface area (TPSA) is 92.5 Å². The van der Waals surface area contributed by atoms with Crippen molar-refractivity contribution in [1.29, 1.82) is 0 Å². The number of benzene rings is 1. The highest BCUT2D eigenvalue weighted by molar-refractivity contribution is 5.88. The van der Waals surface area contributed by atoms with E-state index >= 15 is 0 Å². The minimum absolute atomic E-state index is 0.332. The zero-order valence-corrected chi connectivity index (χ0v) is 12.0. The number of primary amides is 1. The zero-order chi connectivity index (χ0) is 15.3. The minimum atomic E-state index is -1.26. The maximum atomic E-state index is 11.8. The van der Waals surface area contributed by atoms with E-state index in [0.717, 1.165) is 5.56 Å². The monoisotopic (exact) mass is 307 g/mol. The van der Waals surface area contributed by atoms with Gasteiger partial charge in [0.25, 0.3) is 5.91 Å². The van der Waals surface area contributed by atoms with Crippen LogP contribution < -0.4 is 5.73 Å². The highest BCUT2D eigenvalue weighted by atomic mass is 16.8. The van der Waals surface area contributed by atoms with Crippen LogP contribution in [0, 0.1) is 0 Å². The van der Waals surface area contributed by atoms with Crippen molar-refractivity contribution in [3.05, 3.63) is 35.9 Å². The molecule has 0 bridgehead atoms. The minimum Gasteiger partial charge on any atom is -0.367 e. The molecule has 3 heterocycles. The number of epoxide rings is 1. The SMILES string of the molecule is CO[C@H]1O[C@@H]2CO[C@@H](c3ccccc3)O[C@H]2[C@H]2O[C@]12C(N)=O. The van der Waals surface area contributed by atoms with Gasteiger partial charge in [-0.15, -0.1) is 0 Å². The van der Waals surface area contributed by atoms with Crippen molar-refractivity contribution in [3.63, 3.8) is 0 Å². The van der Waals surface area contributed by atoms with Gasteiger partial charge in [0, 0.05) is 12.7 Å². The van der Waals surface area contributed by atoms with Crippen LogP contribution in [0.5, 0.6) is 0 Å². The van der Waals surface area contributed by atoms with E-state index in [2.05, 4.69) is 0 Å². The Hall–Kier alpha value is -1.51. The summed E-state index contributed by atoms with van der Waals surface area (Å²) in [5.74, 6) is -0.603. The first-order valence-corrected chi connectivity index (χ1v) is 7.15.